The molecule has 0 amide bonds. The second-order valence-electron chi connectivity index (χ2n) is 7.03. The van der Waals surface area contributed by atoms with Gasteiger partial charge >= 0.3 is 0 Å². The van der Waals surface area contributed by atoms with E-state index < -0.39 is 0 Å². The second kappa shape index (κ2) is 13.0. The van der Waals surface area contributed by atoms with E-state index in [-0.39, 0.29) is 0 Å². The zero-order valence-corrected chi connectivity index (χ0v) is 17.1. The van der Waals surface area contributed by atoms with Gasteiger partial charge in [-0.1, -0.05) is 66.2 Å². The van der Waals surface area contributed by atoms with Crippen LogP contribution in [-0.2, 0) is 25.7 Å². The van der Waals surface area contributed by atoms with Gasteiger partial charge in [-0.3, -0.25) is 0 Å². The largest absolute Gasteiger partial charge is 0.145 e. The van der Waals surface area contributed by atoms with Crippen LogP contribution in [-0.4, -0.2) is 0 Å². The highest BCUT2D eigenvalue weighted by atomic mass is 32.1. The van der Waals surface area contributed by atoms with E-state index in [1.54, 1.807) is 20.9 Å². The van der Waals surface area contributed by atoms with Gasteiger partial charge in [0.2, 0.25) is 0 Å². The van der Waals surface area contributed by atoms with Crippen LogP contribution in [0, 0.1) is 0 Å². The molecule has 134 valence electrons. The first-order valence-corrected chi connectivity index (χ1v) is 11.2. The summed E-state index contributed by atoms with van der Waals surface area (Å²) in [6.45, 7) is 9.29. The molecule has 0 saturated carbocycles. The van der Waals surface area contributed by atoms with E-state index in [0.717, 1.165) is 0 Å². The lowest BCUT2D eigenvalue weighted by atomic mass is 9.95. The van der Waals surface area contributed by atoms with Gasteiger partial charge in [0.05, 0.1) is 0 Å². The minimum atomic E-state index is 1.32. The van der Waals surface area contributed by atoms with Crippen molar-refractivity contribution in [2.24, 2.45) is 0 Å². The van der Waals surface area contributed by atoms with Crippen LogP contribution in [0.2, 0.25) is 0 Å². The van der Waals surface area contributed by atoms with Crippen LogP contribution in [0.5, 0.6) is 0 Å². The van der Waals surface area contributed by atoms with Gasteiger partial charge in [0, 0.05) is 9.75 Å². The molecule has 1 heterocycles. The Kier molecular flexibility index (Phi) is 11.8. The van der Waals surface area contributed by atoms with Crippen LogP contribution >= 0.6 is 11.3 Å². The molecular weight excluding hydrogens is 296 g/mol. The Labute approximate surface area is 150 Å². The molecule has 0 unspecified atom stereocenters. The molecule has 0 aromatic carbocycles. The molecule has 23 heavy (non-hydrogen) atoms. The summed E-state index contributed by atoms with van der Waals surface area (Å²) < 4.78 is 0. The third kappa shape index (κ3) is 7.42. The summed E-state index contributed by atoms with van der Waals surface area (Å²) in [7, 11) is 0. The van der Waals surface area contributed by atoms with Crippen molar-refractivity contribution in [3.8, 4) is 0 Å². The third-order valence-electron chi connectivity index (χ3n) is 4.86. The normalized spacial score (nSPS) is 11.3. The molecule has 0 spiro atoms. The van der Waals surface area contributed by atoms with E-state index >= 15 is 0 Å². The SMILES string of the molecule is CCCCCCc1c(CCCC)sc(CCCC)c1CCCC. The molecule has 0 radical (unpaired) electrons. The lowest BCUT2D eigenvalue weighted by Gasteiger charge is -2.09. The highest BCUT2D eigenvalue weighted by Gasteiger charge is 2.16. The Balaban J connectivity index is 2.92. The van der Waals surface area contributed by atoms with Gasteiger partial charge in [-0.15, -0.1) is 11.3 Å². The molecular formula is C22H40S. The Morgan fingerprint density at radius 2 is 0.913 bits per heavy atom. The molecule has 0 saturated heterocycles. The van der Waals surface area contributed by atoms with Crippen molar-refractivity contribution in [2.75, 3.05) is 0 Å². The van der Waals surface area contributed by atoms with E-state index in [1.807, 2.05) is 0 Å². The molecule has 0 bridgehead atoms. The standard InChI is InChI=1S/C22H40S/c1-5-9-13-14-16-20-19(15-10-6-2)21(17-11-7-3)23-22(20)18-12-8-4/h5-18H2,1-4H3. The molecule has 0 N–H and O–H groups in total. The van der Waals surface area contributed by atoms with Crippen LogP contribution in [0.1, 0.15) is 113 Å². The van der Waals surface area contributed by atoms with Crippen molar-refractivity contribution < 1.29 is 0 Å². The summed E-state index contributed by atoms with van der Waals surface area (Å²) in [6.07, 6.45) is 19.0. The Morgan fingerprint density at radius 1 is 0.478 bits per heavy atom. The fourth-order valence-corrected chi connectivity index (χ4v) is 4.84. The van der Waals surface area contributed by atoms with Gasteiger partial charge in [-0.2, -0.15) is 0 Å². The quantitative estimate of drug-likeness (QED) is 0.303. The van der Waals surface area contributed by atoms with Gasteiger partial charge < -0.3 is 0 Å². The predicted molar refractivity (Wildman–Crippen MR) is 108 cm³/mol. The lowest BCUT2D eigenvalue weighted by molar-refractivity contribution is 0.659. The molecule has 0 aliphatic rings. The maximum absolute atomic E-state index is 2.33. The zero-order chi connectivity index (χ0) is 16.9. The third-order valence-corrected chi connectivity index (χ3v) is 6.25. The molecule has 1 aromatic heterocycles. The Morgan fingerprint density at radius 3 is 1.39 bits per heavy atom. The highest BCUT2D eigenvalue weighted by molar-refractivity contribution is 7.12. The molecule has 1 rings (SSSR count). The van der Waals surface area contributed by atoms with Crippen molar-refractivity contribution in [1.29, 1.82) is 0 Å². The number of aryl methyl sites for hydroxylation is 2. The average molecular weight is 337 g/mol. The van der Waals surface area contributed by atoms with Crippen molar-refractivity contribution in [3.63, 3.8) is 0 Å². The summed E-state index contributed by atoms with van der Waals surface area (Å²) in [6, 6.07) is 0. The fraction of sp³-hybridized carbons (Fsp3) is 0.818. The summed E-state index contributed by atoms with van der Waals surface area (Å²) in [5, 5.41) is 0. The number of unbranched alkanes of at least 4 members (excludes halogenated alkanes) is 6. The van der Waals surface area contributed by atoms with Gasteiger partial charge in [0.1, 0.15) is 0 Å². The van der Waals surface area contributed by atoms with Crippen LogP contribution in [0.25, 0.3) is 0 Å². The first-order valence-electron chi connectivity index (χ1n) is 10.4. The lowest BCUT2D eigenvalue weighted by Crippen LogP contribution is -1.98. The predicted octanol–water partition coefficient (Wildman–Crippen LogP) is 7.90. The van der Waals surface area contributed by atoms with E-state index in [2.05, 4.69) is 39.0 Å². The topological polar surface area (TPSA) is 0 Å². The van der Waals surface area contributed by atoms with Crippen molar-refractivity contribution in [3.05, 3.63) is 20.9 Å². The summed E-state index contributed by atoms with van der Waals surface area (Å²) in [4.78, 5) is 3.50. The van der Waals surface area contributed by atoms with Gasteiger partial charge in [0.15, 0.2) is 0 Å². The molecule has 0 atom stereocenters. The summed E-state index contributed by atoms with van der Waals surface area (Å²) in [5.41, 5.74) is 3.58. The molecule has 1 heteroatoms. The van der Waals surface area contributed by atoms with E-state index in [9.17, 15) is 0 Å². The maximum atomic E-state index is 2.33. The minimum Gasteiger partial charge on any atom is -0.145 e. The Bertz CT molecular complexity index is 402. The Hall–Kier alpha value is -0.300. The fourth-order valence-electron chi connectivity index (χ4n) is 3.35. The number of hydrogen-bond donors (Lipinski definition) is 0. The van der Waals surface area contributed by atoms with Gasteiger partial charge in [-0.05, 0) is 62.5 Å². The molecule has 0 aliphatic heterocycles. The van der Waals surface area contributed by atoms with Crippen molar-refractivity contribution in [1.82, 2.24) is 0 Å². The van der Waals surface area contributed by atoms with Gasteiger partial charge in [0.25, 0.3) is 0 Å². The summed E-state index contributed by atoms with van der Waals surface area (Å²) >= 11 is 2.18. The molecule has 1 aromatic rings. The average Bonchev–Trinajstić information content (AvgIpc) is 2.89. The zero-order valence-electron chi connectivity index (χ0n) is 16.3. The van der Waals surface area contributed by atoms with Crippen LogP contribution in [0.3, 0.4) is 0 Å². The second-order valence-corrected chi connectivity index (χ2v) is 8.22. The van der Waals surface area contributed by atoms with E-state index in [0.29, 0.717) is 0 Å². The van der Waals surface area contributed by atoms with E-state index in [1.165, 1.54) is 89.9 Å². The monoisotopic (exact) mass is 336 g/mol. The van der Waals surface area contributed by atoms with Crippen LogP contribution in [0.4, 0.5) is 0 Å². The maximum Gasteiger partial charge on any atom is 0.00830 e. The van der Waals surface area contributed by atoms with Crippen LogP contribution in [0.15, 0.2) is 0 Å². The molecule has 0 nitrogen and oxygen atoms in total. The minimum absolute atomic E-state index is 1.32. The molecule has 0 fully saturated rings. The first kappa shape index (κ1) is 20.7. The number of hydrogen-bond acceptors (Lipinski definition) is 1. The first-order chi connectivity index (χ1) is 11.3. The van der Waals surface area contributed by atoms with Crippen LogP contribution < -0.4 is 0 Å². The summed E-state index contributed by atoms with van der Waals surface area (Å²) in [5.74, 6) is 0. The van der Waals surface area contributed by atoms with Gasteiger partial charge in [-0.25, -0.2) is 0 Å². The van der Waals surface area contributed by atoms with Crippen molar-refractivity contribution >= 4 is 11.3 Å². The molecule has 0 aliphatic carbocycles. The highest BCUT2D eigenvalue weighted by Crippen LogP contribution is 2.34. The van der Waals surface area contributed by atoms with Crippen molar-refractivity contribution in [2.45, 2.75) is 118 Å². The van der Waals surface area contributed by atoms with E-state index in [4.69, 9.17) is 0 Å². The number of rotatable bonds is 14. The smallest absolute Gasteiger partial charge is 0.00830 e. The number of thiophene rings is 1.